The highest BCUT2D eigenvalue weighted by molar-refractivity contribution is 6.00. The molecular weight excluding hydrogens is 330 g/mol. The van der Waals surface area contributed by atoms with Crippen molar-refractivity contribution in [1.29, 1.82) is 0 Å². The Morgan fingerprint density at radius 3 is 2.00 bits per heavy atom. The van der Waals surface area contributed by atoms with Crippen LogP contribution in [0.1, 0.15) is 27.0 Å². The number of rotatable bonds is 3. The molecule has 0 spiro atoms. The molecular formula is C20H29N3O3. The van der Waals surface area contributed by atoms with Crippen molar-refractivity contribution in [1.82, 2.24) is 14.7 Å². The number of carbonyl (C=O) groups is 2. The Labute approximate surface area is 155 Å². The zero-order valence-electron chi connectivity index (χ0n) is 16.1. The van der Waals surface area contributed by atoms with E-state index in [1.165, 1.54) is 5.56 Å². The predicted molar refractivity (Wildman–Crippen MR) is 101 cm³/mol. The first-order chi connectivity index (χ1) is 12.5. The molecule has 2 fully saturated rings. The first-order valence-corrected chi connectivity index (χ1v) is 9.40. The summed E-state index contributed by atoms with van der Waals surface area (Å²) in [5, 5.41) is 0. The SMILES string of the molecule is Cc1cc(C)c(C(=O)CN2CCN(C(=O)N3CCOCC3)CC2)c(C)c1. The van der Waals surface area contributed by atoms with Crippen LogP contribution in [0.5, 0.6) is 0 Å². The molecule has 0 aliphatic carbocycles. The first-order valence-electron chi connectivity index (χ1n) is 9.40. The number of urea groups is 1. The molecule has 0 atom stereocenters. The molecule has 2 amide bonds. The maximum atomic E-state index is 12.8. The van der Waals surface area contributed by atoms with Crippen LogP contribution >= 0.6 is 0 Å². The van der Waals surface area contributed by atoms with Gasteiger partial charge in [-0.25, -0.2) is 4.79 Å². The molecule has 2 heterocycles. The second-order valence-electron chi connectivity index (χ2n) is 7.34. The number of morpholine rings is 1. The Morgan fingerprint density at radius 1 is 0.885 bits per heavy atom. The molecule has 1 aromatic rings. The Morgan fingerprint density at radius 2 is 1.42 bits per heavy atom. The lowest BCUT2D eigenvalue weighted by Gasteiger charge is -2.38. The standard InChI is InChI=1S/C20H29N3O3/c1-15-12-16(2)19(17(3)13-15)18(24)14-21-4-6-22(7-5-21)20(25)23-8-10-26-11-9-23/h12-13H,4-11,14H2,1-3H3. The molecule has 0 bridgehead atoms. The van der Waals surface area contributed by atoms with Crippen LogP contribution in [-0.4, -0.2) is 85.5 Å². The number of benzene rings is 1. The van der Waals surface area contributed by atoms with E-state index in [2.05, 4.69) is 24.0 Å². The lowest BCUT2D eigenvalue weighted by atomic mass is 9.96. The number of nitrogens with zero attached hydrogens (tertiary/aromatic N) is 3. The van der Waals surface area contributed by atoms with Gasteiger partial charge in [-0.2, -0.15) is 0 Å². The van der Waals surface area contributed by atoms with Gasteiger partial charge in [-0.15, -0.1) is 0 Å². The summed E-state index contributed by atoms with van der Waals surface area (Å²) in [5.74, 6) is 0.174. The molecule has 0 aromatic heterocycles. The van der Waals surface area contributed by atoms with Gasteiger partial charge in [0.2, 0.25) is 0 Å². The third-order valence-corrected chi connectivity index (χ3v) is 5.25. The number of piperazine rings is 1. The van der Waals surface area contributed by atoms with Crippen LogP contribution in [0, 0.1) is 20.8 Å². The van der Waals surface area contributed by atoms with Crippen molar-refractivity contribution in [3.63, 3.8) is 0 Å². The molecule has 26 heavy (non-hydrogen) atoms. The van der Waals surface area contributed by atoms with Crippen LogP contribution < -0.4 is 0 Å². The van der Waals surface area contributed by atoms with Crippen molar-refractivity contribution in [2.24, 2.45) is 0 Å². The van der Waals surface area contributed by atoms with Crippen LogP contribution in [0.4, 0.5) is 4.79 Å². The Hall–Kier alpha value is -1.92. The summed E-state index contributed by atoms with van der Waals surface area (Å²) in [4.78, 5) is 31.2. The highest BCUT2D eigenvalue weighted by Gasteiger charge is 2.27. The molecule has 0 N–H and O–H groups in total. The Kier molecular flexibility index (Phi) is 5.94. The highest BCUT2D eigenvalue weighted by atomic mass is 16.5. The molecule has 142 valence electrons. The van der Waals surface area contributed by atoms with Crippen LogP contribution in [-0.2, 0) is 4.74 Å². The largest absolute Gasteiger partial charge is 0.378 e. The molecule has 2 aliphatic heterocycles. The van der Waals surface area contributed by atoms with Crippen molar-refractivity contribution < 1.29 is 14.3 Å². The van der Waals surface area contributed by atoms with Crippen molar-refractivity contribution in [2.45, 2.75) is 20.8 Å². The summed E-state index contributed by atoms with van der Waals surface area (Å²) in [6.45, 7) is 11.9. The van der Waals surface area contributed by atoms with Gasteiger partial charge in [0.1, 0.15) is 0 Å². The molecule has 0 saturated carbocycles. The lowest BCUT2D eigenvalue weighted by Crippen LogP contribution is -2.55. The van der Waals surface area contributed by atoms with Crippen LogP contribution in [0.15, 0.2) is 12.1 Å². The second-order valence-corrected chi connectivity index (χ2v) is 7.34. The fourth-order valence-corrected chi connectivity index (χ4v) is 3.95. The average molecular weight is 359 g/mol. The molecule has 3 rings (SSSR count). The summed E-state index contributed by atoms with van der Waals surface area (Å²) in [6, 6.07) is 4.24. The van der Waals surface area contributed by atoms with Crippen molar-refractivity contribution >= 4 is 11.8 Å². The number of carbonyl (C=O) groups excluding carboxylic acids is 2. The molecule has 0 unspecified atom stereocenters. The zero-order valence-corrected chi connectivity index (χ0v) is 16.1. The van der Waals surface area contributed by atoms with Gasteiger partial charge in [-0.05, 0) is 31.9 Å². The number of Topliss-reactive ketones (excluding diaryl/α,β-unsaturated/α-hetero) is 1. The summed E-state index contributed by atoms with van der Waals surface area (Å²) in [5.41, 5.74) is 4.14. The van der Waals surface area contributed by atoms with E-state index in [9.17, 15) is 9.59 Å². The minimum Gasteiger partial charge on any atom is -0.378 e. The number of hydrogen-bond donors (Lipinski definition) is 0. The zero-order chi connectivity index (χ0) is 18.7. The minimum atomic E-state index is 0.101. The van der Waals surface area contributed by atoms with Gasteiger partial charge in [0.05, 0.1) is 19.8 Å². The van der Waals surface area contributed by atoms with Crippen LogP contribution in [0.2, 0.25) is 0 Å². The molecule has 0 radical (unpaired) electrons. The van der Waals surface area contributed by atoms with E-state index in [-0.39, 0.29) is 11.8 Å². The van der Waals surface area contributed by atoms with E-state index in [1.807, 2.05) is 23.6 Å². The van der Waals surface area contributed by atoms with Gasteiger partial charge < -0.3 is 14.5 Å². The number of ether oxygens (including phenoxy) is 1. The molecule has 6 heteroatoms. The van der Waals surface area contributed by atoms with E-state index >= 15 is 0 Å². The van der Waals surface area contributed by atoms with E-state index in [4.69, 9.17) is 4.74 Å². The molecule has 1 aromatic carbocycles. The lowest BCUT2D eigenvalue weighted by molar-refractivity contribution is 0.0376. The molecule has 6 nitrogen and oxygen atoms in total. The maximum absolute atomic E-state index is 12.8. The third-order valence-electron chi connectivity index (χ3n) is 5.25. The summed E-state index contributed by atoms with van der Waals surface area (Å²) < 4.78 is 5.31. The van der Waals surface area contributed by atoms with Crippen molar-refractivity contribution in [2.75, 3.05) is 59.0 Å². The van der Waals surface area contributed by atoms with Gasteiger partial charge in [0.15, 0.2) is 5.78 Å². The monoisotopic (exact) mass is 359 g/mol. The molecule has 2 aliphatic rings. The number of amides is 2. The smallest absolute Gasteiger partial charge is 0.320 e. The topological polar surface area (TPSA) is 53.1 Å². The van der Waals surface area contributed by atoms with E-state index < -0.39 is 0 Å². The predicted octanol–water partition coefficient (Wildman–Crippen LogP) is 1.86. The fraction of sp³-hybridized carbons (Fsp3) is 0.600. The summed E-state index contributed by atoms with van der Waals surface area (Å²) in [6.07, 6.45) is 0. The van der Waals surface area contributed by atoms with Gasteiger partial charge in [0.25, 0.3) is 0 Å². The first kappa shape index (κ1) is 18.9. The highest BCUT2D eigenvalue weighted by Crippen LogP contribution is 2.18. The average Bonchev–Trinajstić information content (AvgIpc) is 2.61. The van der Waals surface area contributed by atoms with E-state index in [1.54, 1.807) is 0 Å². The van der Waals surface area contributed by atoms with Crippen LogP contribution in [0.3, 0.4) is 0 Å². The van der Waals surface area contributed by atoms with E-state index in [0.717, 1.165) is 29.8 Å². The van der Waals surface area contributed by atoms with Crippen molar-refractivity contribution in [3.05, 3.63) is 34.4 Å². The van der Waals surface area contributed by atoms with Gasteiger partial charge in [-0.1, -0.05) is 17.7 Å². The second kappa shape index (κ2) is 8.18. The number of aryl methyl sites for hydroxylation is 3. The van der Waals surface area contributed by atoms with Gasteiger partial charge in [0, 0.05) is 44.8 Å². The van der Waals surface area contributed by atoms with E-state index in [0.29, 0.717) is 45.9 Å². The van der Waals surface area contributed by atoms with Crippen molar-refractivity contribution in [3.8, 4) is 0 Å². The van der Waals surface area contributed by atoms with Gasteiger partial charge >= 0.3 is 6.03 Å². The third kappa shape index (κ3) is 4.24. The van der Waals surface area contributed by atoms with Gasteiger partial charge in [-0.3, -0.25) is 9.69 Å². The number of ketones is 1. The Bertz CT molecular complexity index is 652. The van der Waals surface area contributed by atoms with Crippen LogP contribution in [0.25, 0.3) is 0 Å². The summed E-state index contributed by atoms with van der Waals surface area (Å²) >= 11 is 0. The fourth-order valence-electron chi connectivity index (χ4n) is 3.95. The Balaban J connectivity index is 1.54. The maximum Gasteiger partial charge on any atom is 0.320 e. The molecule has 2 saturated heterocycles. The summed E-state index contributed by atoms with van der Waals surface area (Å²) in [7, 11) is 0. The quantitative estimate of drug-likeness (QED) is 0.773. The number of hydrogen-bond acceptors (Lipinski definition) is 4. The normalized spacial score (nSPS) is 18.9. The minimum absolute atomic E-state index is 0.101.